The highest BCUT2D eigenvalue weighted by Crippen LogP contribution is 2.31. The second-order valence-electron chi connectivity index (χ2n) is 9.31. The zero-order valence-corrected chi connectivity index (χ0v) is 21.5. The quantitative estimate of drug-likeness (QED) is 0.213. The van der Waals surface area contributed by atoms with Crippen LogP contribution in [0.1, 0.15) is 21.7 Å². The standard InChI is InChI=1S/C35H24N2S/c1-4-10-32-29(7-1)30-8-2-5-11-33(30)37(32)28-22-19-27(20-23-28)18-15-25-13-16-26(17-14-25)21-24-35-36-31-9-3-6-12-34(31)38-35/h1-24H/b18-15+,24-21+. The first-order chi connectivity index (χ1) is 18.8. The van der Waals surface area contributed by atoms with Gasteiger partial charge in [0.1, 0.15) is 5.01 Å². The Labute approximate surface area is 225 Å². The number of para-hydroxylation sites is 3. The van der Waals surface area contributed by atoms with Crippen molar-refractivity contribution < 1.29 is 0 Å². The van der Waals surface area contributed by atoms with E-state index in [0.29, 0.717) is 0 Å². The van der Waals surface area contributed by atoms with Crippen LogP contribution in [0.15, 0.2) is 121 Å². The molecule has 2 nitrogen and oxygen atoms in total. The highest BCUT2D eigenvalue weighted by Gasteiger charge is 2.10. The van der Waals surface area contributed by atoms with Gasteiger partial charge in [-0.25, -0.2) is 4.98 Å². The summed E-state index contributed by atoms with van der Waals surface area (Å²) in [6.45, 7) is 0. The molecule has 0 saturated heterocycles. The first-order valence-electron chi connectivity index (χ1n) is 12.7. The highest BCUT2D eigenvalue weighted by atomic mass is 32.1. The Kier molecular flexibility index (Phi) is 5.69. The zero-order valence-electron chi connectivity index (χ0n) is 20.7. The van der Waals surface area contributed by atoms with Crippen molar-refractivity contribution in [2.24, 2.45) is 0 Å². The molecular formula is C35H24N2S. The van der Waals surface area contributed by atoms with Crippen molar-refractivity contribution in [2.75, 3.05) is 0 Å². The van der Waals surface area contributed by atoms with E-state index in [4.69, 9.17) is 0 Å². The van der Waals surface area contributed by atoms with E-state index in [-0.39, 0.29) is 0 Å². The number of aromatic nitrogens is 2. The minimum Gasteiger partial charge on any atom is -0.309 e. The largest absolute Gasteiger partial charge is 0.309 e. The van der Waals surface area contributed by atoms with Gasteiger partial charge in [0.15, 0.2) is 0 Å². The summed E-state index contributed by atoms with van der Waals surface area (Å²) in [6, 6.07) is 42.9. The maximum absolute atomic E-state index is 4.68. The summed E-state index contributed by atoms with van der Waals surface area (Å²) in [7, 11) is 0. The third-order valence-corrected chi connectivity index (χ3v) is 7.87. The molecule has 7 aromatic rings. The van der Waals surface area contributed by atoms with Crippen LogP contribution in [0.2, 0.25) is 0 Å². The van der Waals surface area contributed by atoms with Gasteiger partial charge in [-0.05, 0) is 59.2 Å². The van der Waals surface area contributed by atoms with E-state index < -0.39 is 0 Å². The first-order valence-corrected chi connectivity index (χ1v) is 13.5. The SMILES string of the molecule is C(=C\c1ccc(-n2c3ccccc3c3ccccc32)cc1)/c1ccc(/C=C/c2nc3ccccc3s2)cc1. The lowest BCUT2D eigenvalue weighted by molar-refractivity contribution is 1.18. The summed E-state index contributed by atoms with van der Waals surface area (Å²) < 4.78 is 3.56. The van der Waals surface area contributed by atoms with Gasteiger partial charge in [-0.1, -0.05) is 103 Å². The minimum atomic E-state index is 1.03. The number of hydrogen-bond acceptors (Lipinski definition) is 2. The molecule has 180 valence electrons. The van der Waals surface area contributed by atoms with Crippen LogP contribution in [0.5, 0.6) is 0 Å². The molecule has 0 unspecified atom stereocenters. The lowest BCUT2D eigenvalue weighted by Crippen LogP contribution is -1.93. The van der Waals surface area contributed by atoms with Gasteiger partial charge >= 0.3 is 0 Å². The van der Waals surface area contributed by atoms with Crippen molar-refractivity contribution in [3.63, 3.8) is 0 Å². The van der Waals surface area contributed by atoms with E-state index in [9.17, 15) is 0 Å². The van der Waals surface area contributed by atoms with Crippen LogP contribution < -0.4 is 0 Å². The maximum Gasteiger partial charge on any atom is 0.117 e. The average molecular weight is 505 g/mol. The molecule has 0 fully saturated rings. The lowest BCUT2D eigenvalue weighted by atomic mass is 10.1. The average Bonchev–Trinajstić information content (AvgIpc) is 3.55. The summed E-state index contributed by atoms with van der Waals surface area (Å²) in [6.07, 6.45) is 8.55. The van der Waals surface area contributed by atoms with Crippen LogP contribution in [-0.4, -0.2) is 9.55 Å². The fourth-order valence-corrected chi connectivity index (χ4v) is 5.84. The Bertz CT molecular complexity index is 1870. The Morgan fingerprint density at radius 1 is 0.500 bits per heavy atom. The zero-order chi connectivity index (χ0) is 25.3. The summed E-state index contributed by atoms with van der Waals surface area (Å²) in [5.74, 6) is 0. The van der Waals surface area contributed by atoms with Gasteiger partial charge in [0.2, 0.25) is 0 Å². The predicted molar refractivity (Wildman–Crippen MR) is 165 cm³/mol. The molecule has 2 heterocycles. The topological polar surface area (TPSA) is 17.8 Å². The molecule has 0 saturated carbocycles. The fourth-order valence-electron chi connectivity index (χ4n) is 4.97. The van der Waals surface area contributed by atoms with Crippen LogP contribution in [0.3, 0.4) is 0 Å². The molecule has 0 amide bonds. The number of rotatable bonds is 5. The molecule has 2 aromatic heterocycles. The van der Waals surface area contributed by atoms with Crippen LogP contribution in [0, 0.1) is 0 Å². The van der Waals surface area contributed by atoms with Crippen molar-refractivity contribution >= 4 is 67.7 Å². The molecule has 5 aromatic carbocycles. The first kappa shape index (κ1) is 22.5. The highest BCUT2D eigenvalue weighted by molar-refractivity contribution is 7.19. The van der Waals surface area contributed by atoms with E-state index in [2.05, 4.69) is 149 Å². The predicted octanol–water partition coefficient (Wildman–Crippen LogP) is 9.73. The number of benzene rings is 5. The van der Waals surface area contributed by atoms with Crippen LogP contribution in [0.25, 0.3) is 62.0 Å². The van der Waals surface area contributed by atoms with Crippen molar-refractivity contribution in [1.82, 2.24) is 9.55 Å². The minimum absolute atomic E-state index is 1.03. The lowest BCUT2D eigenvalue weighted by Gasteiger charge is -2.08. The van der Waals surface area contributed by atoms with E-state index in [0.717, 1.165) is 16.1 Å². The van der Waals surface area contributed by atoms with Crippen molar-refractivity contribution in [3.05, 3.63) is 143 Å². The van der Waals surface area contributed by atoms with Gasteiger partial charge in [0, 0.05) is 16.5 Å². The smallest absolute Gasteiger partial charge is 0.117 e. The molecule has 0 aliphatic carbocycles. The third kappa shape index (κ3) is 4.23. The monoisotopic (exact) mass is 504 g/mol. The number of hydrogen-bond donors (Lipinski definition) is 0. The molecule has 0 radical (unpaired) electrons. The number of fused-ring (bicyclic) bond motifs is 4. The summed E-state index contributed by atoms with van der Waals surface area (Å²) in [4.78, 5) is 4.68. The molecule has 0 N–H and O–H groups in total. The van der Waals surface area contributed by atoms with Crippen LogP contribution in [0.4, 0.5) is 0 Å². The van der Waals surface area contributed by atoms with Gasteiger partial charge in [-0.15, -0.1) is 11.3 Å². The van der Waals surface area contributed by atoms with E-state index in [1.807, 2.05) is 6.07 Å². The third-order valence-electron chi connectivity index (χ3n) is 6.86. The molecule has 0 bridgehead atoms. The summed E-state index contributed by atoms with van der Waals surface area (Å²) >= 11 is 1.72. The molecule has 38 heavy (non-hydrogen) atoms. The Morgan fingerprint density at radius 2 is 1.00 bits per heavy atom. The molecule has 0 aliphatic heterocycles. The Hall–Kier alpha value is -4.73. The number of nitrogens with zero attached hydrogens (tertiary/aromatic N) is 2. The van der Waals surface area contributed by atoms with Crippen molar-refractivity contribution in [2.45, 2.75) is 0 Å². The van der Waals surface area contributed by atoms with Crippen LogP contribution in [-0.2, 0) is 0 Å². The molecule has 0 atom stereocenters. The maximum atomic E-state index is 4.68. The van der Waals surface area contributed by atoms with Gasteiger partial charge in [0.05, 0.1) is 21.3 Å². The van der Waals surface area contributed by atoms with Gasteiger partial charge in [-0.2, -0.15) is 0 Å². The molecular weight excluding hydrogens is 480 g/mol. The number of thiazole rings is 1. The second kappa shape index (κ2) is 9.62. The normalized spacial score (nSPS) is 12.0. The molecule has 0 aliphatic rings. The van der Waals surface area contributed by atoms with Crippen molar-refractivity contribution in [1.29, 1.82) is 0 Å². The van der Waals surface area contributed by atoms with E-state index in [1.54, 1.807) is 11.3 Å². The van der Waals surface area contributed by atoms with Crippen molar-refractivity contribution in [3.8, 4) is 5.69 Å². The summed E-state index contributed by atoms with van der Waals surface area (Å²) in [5.41, 5.74) is 8.20. The fraction of sp³-hybridized carbons (Fsp3) is 0. The van der Waals surface area contributed by atoms with Crippen LogP contribution >= 0.6 is 11.3 Å². The van der Waals surface area contributed by atoms with E-state index >= 15 is 0 Å². The van der Waals surface area contributed by atoms with Gasteiger partial charge in [-0.3, -0.25) is 0 Å². The molecule has 0 spiro atoms. The molecule has 3 heteroatoms. The van der Waals surface area contributed by atoms with Gasteiger partial charge < -0.3 is 4.57 Å². The van der Waals surface area contributed by atoms with E-state index in [1.165, 1.54) is 43.3 Å². The second-order valence-corrected chi connectivity index (χ2v) is 10.4. The Balaban J connectivity index is 1.09. The Morgan fingerprint density at radius 3 is 1.61 bits per heavy atom. The van der Waals surface area contributed by atoms with Gasteiger partial charge in [0.25, 0.3) is 0 Å². The summed E-state index contributed by atoms with van der Waals surface area (Å²) in [5, 5.41) is 3.59. The molecule has 7 rings (SSSR count).